The molecule has 6 heteroatoms. The van der Waals surface area contributed by atoms with Crippen LogP contribution in [0.1, 0.15) is 32.6 Å². The molecule has 0 fully saturated rings. The predicted molar refractivity (Wildman–Crippen MR) is 61.2 cm³/mol. The zero-order valence-electron chi connectivity index (χ0n) is 8.38. The maximum atomic E-state index is 11.0. The van der Waals surface area contributed by atoms with Crippen LogP contribution in [0.25, 0.3) is 0 Å². The molecule has 0 saturated heterocycles. The van der Waals surface area contributed by atoms with E-state index in [0.717, 1.165) is 25.7 Å². The van der Waals surface area contributed by atoms with Crippen molar-refractivity contribution in [1.29, 1.82) is 0 Å². The van der Waals surface area contributed by atoms with Crippen LogP contribution >= 0.6 is 22.3 Å². The average molecular weight is 262 g/mol. The van der Waals surface area contributed by atoms with Gasteiger partial charge in [-0.2, -0.15) is 12.7 Å². The minimum Gasteiger partial charge on any atom is -0.195 e. The second-order valence-electron chi connectivity index (χ2n) is 3.09. The highest BCUT2D eigenvalue weighted by Crippen LogP contribution is 2.09. The molecule has 0 aliphatic rings. The van der Waals surface area contributed by atoms with Gasteiger partial charge in [0.2, 0.25) is 0 Å². The van der Waals surface area contributed by atoms with Crippen LogP contribution in [0.4, 0.5) is 0 Å². The van der Waals surface area contributed by atoms with Crippen molar-refractivity contribution in [1.82, 2.24) is 4.31 Å². The van der Waals surface area contributed by atoms with Gasteiger partial charge in [0.25, 0.3) is 9.24 Å². The van der Waals surface area contributed by atoms with Crippen molar-refractivity contribution < 1.29 is 8.42 Å². The number of hydrogen-bond donors (Lipinski definition) is 0. The van der Waals surface area contributed by atoms with Crippen LogP contribution in [0, 0.1) is 0 Å². The van der Waals surface area contributed by atoms with E-state index < -0.39 is 9.24 Å². The Morgan fingerprint density at radius 3 is 2.21 bits per heavy atom. The Kier molecular flexibility index (Phi) is 8.01. The first-order valence-corrected chi connectivity index (χ1v) is 7.58. The molecule has 0 aromatic carbocycles. The molecule has 0 radical (unpaired) electrons. The molecule has 0 heterocycles. The van der Waals surface area contributed by atoms with Crippen LogP contribution in [-0.2, 0) is 9.24 Å². The summed E-state index contributed by atoms with van der Waals surface area (Å²) in [7, 11) is 1.64. The summed E-state index contributed by atoms with van der Waals surface area (Å²) in [6.45, 7) is 2.87. The van der Waals surface area contributed by atoms with Crippen molar-refractivity contribution in [3.8, 4) is 0 Å². The van der Waals surface area contributed by atoms with Crippen LogP contribution in [0.5, 0.6) is 0 Å². The molecule has 0 aromatic heterocycles. The number of alkyl halides is 1. The molecule has 0 aliphatic heterocycles. The fourth-order valence-electron chi connectivity index (χ4n) is 1.14. The normalized spacial score (nSPS) is 12.3. The van der Waals surface area contributed by atoms with Gasteiger partial charge in [-0.1, -0.05) is 26.2 Å². The lowest BCUT2D eigenvalue weighted by molar-refractivity contribution is 0.424. The van der Waals surface area contributed by atoms with Crippen molar-refractivity contribution in [3.05, 3.63) is 0 Å². The summed E-state index contributed by atoms with van der Waals surface area (Å²) >= 11 is 5.48. The van der Waals surface area contributed by atoms with Crippen LogP contribution in [-0.4, -0.2) is 31.7 Å². The molecule has 0 aromatic rings. The summed E-state index contributed by atoms with van der Waals surface area (Å²) in [4.78, 5) is 0. The fraction of sp³-hybridized carbons (Fsp3) is 1.00. The zero-order valence-corrected chi connectivity index (χ0v) is 10.7. The molecule has 0 N–H and O–H groups in total. The van der Waals surface area contributed by atoms with Crippen molar-refractivity contribution in [3.63, 3.8) is 0 Å². The zero-order chi connectivity index (χ0) is 11.0. The molecule has 0 spiro atoms. The highest BCUT2D eigenvalue weighted by molar-refractivity contribution is 8.11. The second kappa shape index (κ2) is 7.74. The van der Waals surface area contributed by atoms with Crippen LogP contribution < -0.4 is 0 Å². The Balaban J connectivity index is 3.87. The minimum atomic E-state index is -3.59. The van der Waals surface area contributed by atoms with E-state index in [1.165, 1.54) is 4.31 Å². The van der Waals surface area contributed by atoms with E-state index in [9.17, 15) is 8.42 Å². The van der Waals surface area contributed by atoms with Gasteiger partial charge in [-0.25, -0.2) is 0 Å². The molecule has 0 saturated carbocycles. The van der Waals surface area contributed by atoms with Gasteiger partial charge in [0.1, 0.15) is 0 Å². The molecule has 0 aliphatic carbocycles. The number of nitrogens with zero attached hydrogens (tertiary/aromatic N) is 1. The summed E-state index contributed by atoms with van der Waals surface area (Å²) in [6.07, 6.45) is 4.12. The number of hydrogen-bond acceptors (Lipinski definition) is 2. The largest absolute Gasteiger partial charge is 0.299 e. The number of halogens is 2. The number of unbranched alkanes of at least 4 members (excludes halogenated alkanes) is 3. The molecule has 0 unspecified atom stereocenters. The van der Waals surface area contributed by atoms with Crippen molar-refractivity contribution in [2.24, 2.45) is 0 Å². The van der Waals surface area contributed by atoms with Gasteiger partial charge >= 0.3 is 0 Å². The van der Waals surface area contributed by atoms with Gasteiger partial charge in [0.15, 0.2) is 0 Å². The molecule has 0 bridgehead atoms. The third-order valence-electron chi connectivity index (χ3n) is 1.90. The van der Waals surface area contributed by atoms with Crippen LogP contribution in [0.15, 0.2) is 0 Å². The predicted octanol–water partition coefficient (Wildman–Crippen LogP) is 2.59. The molecule has 0 atom stereocenters. The monoisotopic (exact) mass is 261 g/mol. The van der Waals surface area contributed by atoms with Gasteiger partial charge in [0.05, 0.1) is 0 Å². The summed E-state index contributed by atoms with van der Waals surface area (Å²) in [5.74, 6) is 0.278. The Bertz CT molecular complexity index is 231. The van der Waals surface area contributed by atoms with Gasteiger partial charge in [0, 0.05) is 29.7 Å². The van der Waals surface area contributed by atoms with Gasteiger partial charge in [-0.15, -0.1) is 11.6 Å². The van der Waals surface area contributed by atoms with E-state index in [0.29, 0.717) is 13.1 Å². The standard InChI is InChI=1S/C8H17Cl2NO2S/c1-2-3-4-5-7-11(8-6-9)14(10,12)13/h2-8H2,1H3. The summed E-state index contributed by atoms with van der Waals surface area (Å²) in [5.41, 5.74) is 0. The Hall–Kier alpha value is 0.490. The summed E-state index contributed by atoms with van der Waals surface area (Å²) in [6, 6.07) is 0. The van der Waals surface area contributed by atoms with Crippen molar-refractivity contribution in [2.45, 2.75) is 32.6 Å². The molecule has 86 valence electrons. The fourth-order valence-corrected chi connectivity index (χ4v) is 2.51. The highest BCUT2D eigenvalue weighted by atomic mass is 35.7. The third-order valence-corrected chi connectivity index (χ3v) is 3.64. The molecule has 3 nitrogen and oxygen atoms in total. The lowest BCUT2D eigenvalue weighted by atomic mass is 10.2. The smallest absolute Gasteiger partial charge is 0.195 e. The number of rotatable bonds is 8. The third kappa shape index (κ3) is 6.87. The Morgan fingerprint density at radius 2 is 1.79 bits per heavy atom. The van der Waals surface area contributed by atoms with Crippen LogP contribution in [0.2, 0.25) is 0 Å². The molecule has 0 amide bonds. The van der Waals surface area contributed by atoms with Gasteiger partial charge in [-0.3, -0.25) is 0 Å². The van der Waals surface area contributed by atoms with Gasteiger partial charge in [-0.05, 0) is 6.42 Å². The minimum absolute atomic E-state index is 0.278. The van der Waals surface area contributed by atoms with E-state index in [1.54, 1.807) is 0 Å². The van der Waals surface area contributed by atoms with E-state index >= 15 is 0 Å². The second-order valence-corrected chi connectivity index (χ2v) is 5.98. The molecule has 0 rings (SSSR count). The average Bonchev–Trinajstić information content (AvgIpc) is 2.08. The SMILES string of the molecule is CCCCCCN(CCCl)S(=O)(=O)Cl. The maximum Gasteiger partial charge on any atom is 0.299 e. The quantitative estimate of drug-likeness (QED) is 0.383. The van der Waals surface area contributed by atoms with E-state index in [2.05, 4.69) is 6.92 Å². The maximum absolute atomic E-state index is 11.0. The Morgan fingerprint density at radius 1 is 1.14 bits per heavy atom. The van der Waals surface area contributed by atoms with Crippen molar-refractivity contribution in [2.75, 3.05) is 19.0 Å². The van der Waals surface area contributed by atoms with E-state index in [4.69, 9.17) is 22.3 Å². The van der Waals surface area contributed by atoms with E-state index in [-0.39, 0.29) is 5.88 Å². The van der Waals surface area contributed by atoms with Gasteiger partial charge < -0.3 is 0 Å². The molecular weight excluding hydrogens is 245 g/mol. The summed E-state index contributed by atoms with van der Waals surface area (Å²) < 4.78 is 23.3. The Labute approximate surface area is 95.9 Å². The lowest BCUT2D eigenvalue weighted by Gasteiger charge is -2.16. The summed E-state index contributed by atoms with van der Waals surface area (Å²) in [5, 5.41) is 0. The van der Waals surface area contributed by atoms with Crippen LogP contribution in [0.3, 0.4) is 0 Å². The molecule has 14 heavy (non-hydrogen) atoms. The topological polar surface area (TPSA) is 37.4 Å². The first-order chi connectivity index (χ1) is 6.52. The lowest BCUT2D eigenvalue weighted by Crippen LogP contribution is -2.30. The van der Waals surface area contributed by atoms with Crippen molar-refractivity contribution >= 4 is 31.5 Å². The van der Waals surface area contributed by atoms with E-state index in [1.807, 2.05) is 0 Å². The first kappa shape index (κ1) is 14.5. The molecular formula is C8H17Cl2NO2S. The first-order valence-electron chi connectivity index (χ1n) is 4.78. The highest BCUT2D eigenvalue weighted by Gasteiger charge is 2.17.